The Bertz CT molecular complexity index is 1080. The van der Waals surface area contributed by atoms with Crippen LogP contribution in [0.3, 0.4) is 0 Å². The van der Waals surface area contributed by atoms with Gasteiger partial charge in [0.15, 0.2) is 23.2 Å². The van der Waals surface area contributed by atoms with Crippen molar-refractivity contribution >= 4 is 27.3 Å². The smallest absolute Gasteiger partial charge is 0.333 e. The summed E-state index contributed by atoms with van der Waals surface area (Å²) in [6, 6.07) is 0. The number of hydrogen-bond acceptors (Lipinski definition) is 10. The molecule has 2 aromatic heterocycles. The highest BCUT2D eigenvalue weighted by Gasteiger charge is 2.45. The van der Waals surface area contributed by atoms with Crippen LogP contribution in [0, 0.1) is 11.8 Å². The fourth-order valence-electron chi connectivity index (χ4n) is 5.31. The van der Waals surface area contributed by atoms with E-state index in [1.165, 1.54) is 42.9 Å². The predicted molar refractivity (Wildman–Crippen MR) is 113 cm³/mol. The monoisotopic (exact) mass is 468 g/mol. The van der Waals surface area contributed by atoms with Gasteiger partial charge in [-0.05, 0) is 24.7 Å². The van der Waals surface area contributed by atoms with Crippen molar-refractivity contribution in [3.63, 3.8) is 0 Å². The number of nitrogens with zero attached hydrogens (tertiary/aromatic N) is 5. The van der Waals surface area contributed by atoms with Crippen LogP contribution in [-0.4, -0.2) is 76.2 Å². The second kappa shape index (κ2) is 8.47. The molecule has 0 radical (unpaired) electrons. The van der Waals surface area contributed by atoms with Crippen molar-refractivity contribution < 1.29 is 27.6 Å². The molecular formula is C19H28N6O6S. The number of hydrogen-bond donors (Lipinski definition) is 3. The molecule has 2 saturated heterocycles. The standard InChI is InChI=1S/C19H28N6O6S/c20-32(28,29)30-8-13-15(26)16(27)19(31-13)25-10-23-14-17(21-9-22-18(14)25)24-6-5-11-3-1-2-4-12(11)7-24/h9-13,15-16,19,26-27H,1-8H2,(H2,20,28,29)/t11?,12?,13-,15-,16-,19-/m1/s1. The lowest BCUT2D eigenvalue weighted by Crippen LogP contribution is -2.42. The van der Waals surface area contributed by atoms with Crippen molar-refractivity contribution in [2.24, 2.45) is 17.0 Å². The Morgan fingerprint density at radius 1 is 1.12 bits per heavy atom. The molecule has 5 rings (SSSR count). The fraction of sp³-hybridized carbons (Fsp3) is 0.737. The summed E-state index contributed by atoms with van der Waals surface area (Å²) in [5.74, 6) is 2.20. The SMILES string of the molecule is NS(=O)(=O)OC[C@H]1O[C@@H](n2cnc3c(N4CCC5CCCCC5C4)ncnc32)[C@H](O)[C@@H]1O. The number of aliphatic hydroxyl groups excluding tert-OH is 2. The Balaban J connectivity index is 1.38. The van der Waals surface area contributed by atoms with Gasteiger partial charge in [-0.1, -0.05) is 19.3 Å². The molecule has 0 amide bonds. The third-order valence-electron chi connectivity index (χ3n) is 6.94. The summed E-state index contributed by atoms with van der Waals surface area (Å²) >= 11 is 0. The zero-order valence-corrected chi connectivity index (χ0v) is 18.3. The lowest BCUT2D eigenvalue weighted by atomic mass is 9.75. The van der Waals surface area contributed by atoms with Crippen molar-refractivity contribution in [1.29, 1.82) is 0 Å². The van der Waals surface area contributed by atoms with E-state index >= 15 is 0 Å². The number of aliphatic hydroxyl groups is 2. The quantitative estimate of drug-likeness (QED) is 0.529. The maximum absolute atomic E-state index is 11.1. The van der Waals surface area contributed by atoms with Crippen LogP contribution in [-0.2, 0) is 19.2 Å². The van der Waals surface area contributed by atoms with Crippen molar-refractivity contribution in [3.8, 4) is 0 Å². The number of fused-ring (bicyclic) bond motifs is 2. The van der Waals surface area contributed by atoms with Crippen LogP contribution in [0.25, 0.3) is 11.2 Å². The van der Waals surface area contributed by atoms with Gasteiger partial charge in [-0.25, -0.2) is 20.1 Å². The Morgan fingerprint density at radius 2 is 1.91 bits per heavy atom. The molecule has 32 heavy (non-hydrogen) atoms. The topological polar surface area (TPSA) is 166 Å². The molecular weight excluding hydrogens is 440 g/mol. The molecule has 13 heteroatoms. The molecule has 0 aromatic carbocycles. The zero-order chi connectivity index (χ0) is 22.5. The number of imidazole rings is 1. The van der Waals surface area contributed by atoms with Gasteiger partial charge in [-0.15, -0.1) is 0 Å². The Morgan fingerprint density at radius 3 is 2.69 bits per heavy atom. The van der Waals surface area contributed by atoms with E-state index in [0.717, 1.165) is 31.2 Å². The molecule has 1 saturated carbocycles. The van der Waals surface area contributed by atoms with Gasteiger partial charge in [0.05, 0.1) is 12.9 Å². The summed E-state index contributed by atoms with van der Waals surface area (Å²) in [6.45, 7) is 1.34. The summed E-state index contributed by atoms with van der Waals surface area (Å²) in [6.07, 6.45) is 4.42. The van der Waals surface area contributed by atoms with Crippen LogP contribution in [0.5, 0.6) is 0 Å². The number of ether oxygens (including phenoxy) is 1. The molecule has 3 aliphatic rings. The van der Waals surface area contributed by atoms with Gasteiger partial charge in [-0.2, -0.15) is 8.42 Å². The summed E-state index contributed by atoms with van der Waals surface area (Å²) < 4.78 is 33.9. The van der Waals surface area contributed by atoms with Crippen molar-refractivity contribution in [3.05, 3.63) is 12.7 Å². The summed E-state index contributed by atoms with van der Waals surface area (Å²) in [5.41, 5.74) is 1.06. The van der Waals surface area contributed by atoms with E-state index in [0.29, 0.717) is 17.1 Å². The van der Waals surface area contributed by atoms with Gasteiger partial charge in [0.2, 0.25) is 0 Å². The minimum Gasteiger partial charge on any atom is -0.387 e. The summed E-state index contributed by atoms with van der Waals surface area (Å²) in [7, 11) is -4.20. The maximum Gasteiger partial charge on any atom is 0.333 e. The van der Waals surface area contributed by atoms with Gasteiger partial charge in [0, 0.05) is 13.1 Å². The molecule has 176 valence electrons. The van der Waals surface area contributed by atoms with Gasteiger partial charge in [-0.3, -0.25) is 8.75 Å². The average Bonchev–Trinajstić information content (AvgIpc) is 3.32. The predicted octanol–water partition coefficient (Wildman–Crippen LogP) is -0.318. The van der Waals surface area contributed by atoms with E-state index in [9.17, 15) is 18.6 Å². The molecule has 12 nitrogen and oxygen atoms in total. The first-order valence-corrected chi connectivity index (χ1v) is 12.4. The van der Waals surface area contributed by atoms with Crippen LogP contribution >= 0.6 is 0 Å². The Labute approximate surface area is 185 Å². The van der Waals surface area contributed by atoms with Gasteiger partial charge >= 0.3 is 10.3 Å². The summed E-state index contributed by atoms with van der Waals surface area (Å²) in [5, 5.41) is 25.7. The van der Waals surface area contributed by atoms with Crippen LogP contribution in [0.1, 0.15) is 38.3 Å². The van der Waals surface area contributed by atoms with E-state index < -0.39 is 41.5 Å². The minimum atomic E-state index is -4.20. The molecule has 2 aliphatic heterocycles. The lowest BCUT2D eigenvalue weighted by Gasteiger charge is -2.41. The van der Waals surface area contributed by atoms with Gasteiger partial charge < -0.3 is 19.8 Å². The molecule has 0 bridgehead atoms. The molecule has 1 aliphatic carbocycles. The van der Waals surface area contributed by atoms with Gasteiger partial charge in [0.1, 0.15) is 24.6 Å². The Hall–Kier alpha value is -1.90. The lowest BCUT2D eigenvalue weighted by molar-refractivity contribution is -0.0467. The van der Waals surface area contributed by atoms with Crippen LogP contribution < -0.4 is 10.0 Å². The highest BCUT2D eigenvalue weighted by Crippen LogP contribution is 2.39. The number of anilines is 1. The van der Waals surface area contributed by atoms with E-state index in [4.69, 9.17) is 9.88 Å². The van der Waals surface area contributed by atoms with E-state index in [-0.39, 0.29) is 0 Å². The molecule has 4 N–H and O–H groups in total. The first-order valence-electron chi connectivity index (χ1n) is 10.9. The van der Waals surface area contributed by atoms with Crippen LogP contribution in [0.2, 0.25) is 0 Å². The molecule has 2 unspecified atom stereocenters. The van der Waals surface area contributed by atoms with E-state index in [2.05, 4.69) is 24.0 Å². The second-order valence-electron chi connectivity index (χ2n) is 8.88. The van der Waals surface area contributed by atoms with Crippen molar-refractivity contribution in [2.45, 2.75) is 56.6 Å². The van der Waals surface area contributed by atoms with Crippen molar-refractivity contribution in [2.75, 3.05) is 24.6 Å². The van der Waals surface area contributed by atoms with Crippen molar-refractivity contribution in [1.82, 2.24) is 19.5 Å². The molecule has 6 atom stereocenters. The first kappa shape index (κ1) is 21.9. The van der Waals surface area contributed by atoms with E-state index in [1.807, 2.05) is 0 Å². The normalized spacial score (nSPS) is 33.5. The third kappa shape index (κ3) is 4.08. The highest BCUT2D eigenvalue weighted by molar-refractivity contribution is 7.84. The number of rotatable bonds is 5. The number of piperidine rings is 1. The zero-order valence-electron chi connectivity index (χ0n) is 17.5. The first-order chi connectivity index (χ1) is 15.3. The molecule has 2 aromatic rings. The average molecular weight is 469 g/mol. The summed E-state index contributed by atoms with van der Waals surface area (Å²) in [4.78, 5) is 15.6. The minimum absolute atomic E-state index is 0.463. The molecule has 0 spiro atoms. The van der Waals surface area contributed by atoms with E-state index in [1.54, 1.807) is 0 Å². The Kier molecular flexibility index (Phi) is 5.80. The largest absolute Gasteiger partial charge is 0.387 e. The highest BCUT2D eigenvalue weighted by atomic mass is 32.2. The van der Waals surface area contributed by atoms with Crippen LogP contribution in [0.4, 0.5) is 5.82 Å². The van der Waals surface area contributed by atoms with Crippen LogP contribution in [0.15, 0.2) is 12.7 Å². The maximum atomic E-state index is 11.1. The third-order valence-corrected chi connectivity index (χ3v) is 7.40. The molecule has 3 fully saturated rings. The van der Waals surface area contributed by atoms with Gasteiger partial charge in [0.25, 0.3) is 0 Å². The molecule has 4 heterocycles. The number of aromatic nitrogens is 4. The second-order valence-corrected chi connectivity index (χ2v) is 10.1. The number of nitrogens with two attached hydrogens (primary N) is 1. The fourth-order valence-corrected chi connectivity index (χ4v) is 5.63.